The first-order chi connectivity index (χ1) is 10.4. The van der Waals surface area contributed by atoms with Crippen LogP contribution in [-0.4, -0.2) is 19.9 Å². The fourth-order valence-corrected chi connectivity index (χ4v) is 2.13. The summed E-state index contributed by atoms with van der Waals surface area (Å²) in [7, 11) is 0. The highest BCUT2D eigenvalue weighted by molar-refractivity contribution is 5.85. The zero-order valence-electron chi connectivity index (χ0n) is 10.7. The highest BCUT2D eigenvalue weighted by Gasteiger charge is 2.34. The molecule has 1 aromatic carbocycles. The number of aromatic amines is 2. The normalized spacial score (nSPS) is 11.8. The molecule has 2 N–H and O–H groups in total. The Balaban J connectivity index is 2.44. The summed E-state index contributed by atoms with van der Waals surface area (Å²) in [6, 6.07) is 1.79. The van der Waals surface area contributed by atoms with Crippen molar-refractivity contribution in [3.8, 4) is 11.1 Å². The highest BCUT2D eigenvalue weighted by Crippen LogP contribution is 2.38. The third kappa shape index (κ3) is 2.36. The van der Waals surface area contributed by atoms with Gasteiger partial charge in [-0.3, -0.25) is 9.78 Å². The van der Waals surface area contributed by atoms with Crippen LogP contribution in [0, 0.1) is 0 Å². The second-order valence-corrected chi connectivity index (χ2v) is 4.48. The lowest BCUT2D eigenvalue weighted by Gasteiger charge is -2.13. The van der Waals surface area contributed by atoms with Gasteiger partial charge in [0.05, 0.1) is 16.5 Å². The van der Waals surface area contributed by atoms with Crippen molar-refractivity contribution in [3.63, 3.8) is 0 Å². The Labute approximate surface area is 119 Å². The van der Waals surface area contributed by atoms with Crippen LogP contribution in [0.1, 0.15) is 5.56 Å². The molecule has 3 aromatic rings. The van der Waals surface area contributed by atoms with Gasteiger partial charge in [-0.25, -0.2) is 14.8 Å². The van der Waals surface area contributed by atoms with Crippen LogP contribution in [0.4, 0.5) is 13.2 Å². The van der Waals surface area contributed by atoms with Gasteiger partial charge in [-0.05, 0) is 17.7 Å². The maximum atomic E-state index is 13.2. The van der Waals surface area contributed by atoms with Crippen LogP contribution in [0.5, 0.6) is 0 Å². The van der Waals surface area contributed by atoms with Gasteiger partial charge < -0.3 is 4.98 Å². The van der Waals surface area contributed by atoms with Crippen molar-refractivity contribution in [1.29, 1.82) is 0 Å². The van der Waals surface area contributed by atoms with Gasteiger partial charge in [-0.2, -0.15) is 13.2 Å². The minimum absolute atomic E-state index is 0.0635. The Kier molecular flexibility index (Phi) is 3.05. The van der Waals surface area contributed by atoms with Crippen molar-refractivity contribution in [3.05, 3.63) is 57.3 Å². The number of hydrogen-bond acceptors (Lipinski definition) is 4. The molecule has 2 aromatic heterocycles. The van der Waals surface area contributed by atoms with Gasteiger partial charge in [0.2, 0.25) is 0 Å². The zero-order chi connectivity index (χ0) is 15.9. The van der Waals surface area contributed by atoms with E-state index in [0.29, 0.717) is 0 Å². The van der Waals surface area contributed by atoms with Crippen LogP contribution >= 0.6 is 0 Å². The molecule has 0 saturated heterocycles. The molecule has 0 aliphatic heterocycles. The molecule has 0 aliphatic rings. The lowest BCUT2D eigenvalue weighted by Crippen LogP contribution is -2.22. The fraction of sp³-hybridized carbons (Fsp3) is 0.0769. The largest absolute Gasteiger partial charge is 0.417 e. The van der Waals surface area contributed by atoms with Crippen LogP contribution in [0.3, 0.4) is 0 Å². The lowest BCUT2D eigenvalue weighted by molar-refractivity contribution is -0.137. The first-order valence-electron chi connectivity index (χ1n) is 5.99. The molecule has 112 valence electrons. The number of H-pyrrole nitrogens is 2. The van der Waals surface area contributed by atoms with E-state index in [2.05, 4.69) is 15.0 Å². The Morgan fingerprint density at radius 3 is 2.32 bits per heavy atom. The molecule has 3 rings (SSSR count). The Hall–Kier alpha value is -2.97. The molecule has 0 fully saturated rings. The van der Waals surface area contributed by atoms with Gasteiger partial charge in [0.1, 0.15) is 6.33 Å². The average Bonchev–Trinajstić information content (AvgIpc) is 2.46. The van der Waals surface area contributed by atoms with Gasteiger partial charge >= 0.3 is 11.9 Å². The Bertz CT molecular complexity index is 961. The summed E-state index contributed by atoms with van der Waals surface area (Å²) in [5.74, 6) is 0. The van der Waals surface area contributed by atoms with Gasteiger partial charge in [0.15, 0.2) is 0 Å². The summed E-state index contributed by atoms with van der Waals surface area (Å²) in [5.41, 5.74) is -2.95. The van der Waals surface area contributed by atoms with E-state index in [9.17, 15) is 22.8 Å². The number of hydrogen-bond donors (Lipinski definition) is 2. The van der Waals surface area contributed by atoms with Crippen LogP contribution in [-0.2, 0) is 6.18 Å². The smallest absolute Gasteiger partial charge is 0.307 e. The number of benzene rings is 1. The topological polar surface area (TPSA) is 91.5 Å². The summed E-state index contributed by atoms with van der Waals surface area (Å²) in [4.78, 5) is 34.5. The number of alkyl halides is 3. The van der Waals surface area contributed by atoms with Crippen molar-refractivity contribution in [1.82, 2.24) is 19.9 Å². The summed E-state index contributed by atoms with van der Waals surface area (Å²) < 4.78 is 39.7. The van der Waals surface area contributed by atoms with E-state index >= 15 is 0 Å². The predicted molar refractivity (Wildman–Crippen MR) is 71.2 cm³/mol. The lowest BCUT2D eigenvalue weighted by atomic mass is 9.99. The molecule has 9 heteroatoms. The van der Waals surface area contributed by atoms with Crippen LogP contribution < -0.4 is 11.2 Å². The van der Waals surface area contributed by atoms with Crippen molar-refractivity contribution < 1.29 is 13.2 Å². The van der Waals surface area contributed by atoms with E-state index in [1.807, 2.05) is 4.98 Å². The molecule has 0 unspecified atom stereocenters. The van der Waals surface area contributed by atoms with Gasteiger partial charge in [0.25, 0.3) is 5.56 Å². The third-order valence-corrected chi connectivity index (χ3v) is 3.05. The van der Waals surface area contributed by atoms with E-state index in [1.54, 1.807) is 0 Å². The number of fused-ring (bicyclic) bond motifs is 1. The first-order valence-corrected chi connectivity index (χ1v) is 5.99. The van der Waals surface area contributed by atoms with E-state index in [1.165, 1.54) is 18.7 Å². The minimum Gasteiger partial charge on any atom is -0.307 e. The van der Waals surface area contributed by atoms with E-state index in [0.717, 1.165) is 12.1 Å². The predicted octanol–water partition coefficient (Wildman–Crippen LogP) is 1.69. The quantitative estimate of drug-likeness (QED) is 0.715. The number of aromatic nitrogens is 4. The maximum absolute atomic E-state index is 13.2. The molecule has 2 heterocycles. The second-order valence-electron chi connectivity index (χ2n) is 4.48. The first kappa shape index (κ1) is 14.0. The van der Waals surface area contributed by atoms with Crippen LogP contribution in [0.25, 0.3) is 22.0 Å². The monoisotopic (exact) mass is 308 g/mol. The van der Waals surface area contributed by atoms with Crippen LogP contribution in [0.15, 0.2) is 40.4 Å². The summed E-state index contributed by atoms with van der Waals surface area (Å²) in [6.07, 6.45) is -1.06. The van der Waals surface area contributed by atoms with Crippen LogP contribution in [0.2, 0.25) is 0 Å². The zero-order valence-corrected chi connectivity index (χ0v) is 10.7. The number of rotatable bonds is 1. The minimum atomic E-state index is -4.67. The number of halogens is 3. The molecule has 0 atom stereocenters. The molecular formula is C13H7F3N4O2. The van der Waals surface area contributed by atoms with Gasteiger partial charge in [0, 0.05) is 18.0 Å². The van der Waals surface area contributed by atoms with Crippen molar-refractivity contribution in [2.75, 3.05) is 0 Å². The summed E-state index contributed by atoms with van der Waals surface area (Å²) >= 11 is 0. The molecule has 0 bridgehead atoms. The fourth-order valence-electron chi connectivity index (χ4n) is 2.13. The van der Waals surface area contributed by atoms with E-state index < -0.39 is 23.0 Å². The van der Waals surface area contributed by atoms with Crippen molar-refractivity contribution in [2.45, 2.75) is 6.18 Å². The average molecular weight is 308 g/mol. The SMILES string of the molecule is O=c1[nH]c(=O)c2cc(-c3cncnc3)c(C(F)(F)F)cc2[nH]1. The van der Waals surface area contributed by atoms with E-state index in [4.69, 9.17) is 0 Å². The van der Waals surface area contributed by atoms with Gasteiger partial charge in [-0.15, -0.1) is 0 Å². The Morgan fingerprint density at radius 1 is 1.00 bits per heavy atom. The number of nitrogens with one attached hydrogen (secondary N) is 2. The third-order valence-electron chi connectivity index (χ3n) is 3.05. The van der Waals surface area contributed by atoms with E-state index in [-0.39, 0.29) is 22.0 Å². The Morgan fingerprint density at radius 2 is 1.68 bits per heavy atom. The number of nitrogens with zero attached hydrogens (tertiary/aromatic N) is 2. The maximum Gasteiger partial charge on any atom is 0.417 e. The molecule has 0 saturated carbocycles. The molecule has 0 spiro atoms. The molecule has 0 radical (unpaired) electrons. The molecular weight excluding hydrogens is 301 g/mol. The molecule has 6 nitrogen and oxygen atoms in total. The van der Waals surface area contributed by atoms with Gasteiger partial charge in [-0.1, -0.05) is 0 Å². The highest BCUT2D eigenvalue weighted by atomic mass is 19.4. The molecule has 22 heavy (non-hydrogen) atoms. The molecule has 0 amide bonds. The summed E-state index contributed by atoms with van der Waals surface area (Å²) in [6.45, 7) is 0. The standard InChI is InChI=1S/C13H7F3N4O2/c14-13(15,16)9-2-10-8(11(21)20-12(22)19-10)1-7(9)6-3-17-5-18-4-6/h1-5H,(H2,19,20,21,22). The summed E-state index contributed by atoms with van der Waals surface area (Å²) in [5, 5.41) is -0.0635. The second kappa shape index (κ2) is 4.79. The molecule has 0 aliphatic carbocycles. The van der Waals surface area contributed by atoms with Crippen molar-refractivity contribution in [2.24, 2.45) is 0 Å². The van der Waals surface area contributed by atoms with Crippen molar-refractivity contribution >= 4 is 10.9 Å².